The van der Waals surface area contributed by atoms with Gasteiger partial charge in [0.2, 0.25) is 0 Å². The Bertz CT molecular complexity index is 781. The topological polar surface area (TPSA) is 76.1 Å². The zero-order chi connectivity index (χ0) is 15.1. The van der Waals surface area contributed by atoms with Crippen LogP contribution in [0.15, 0.2) is 23.1 Å². The Balaban J connectivity index is 2.38. The van der Waals surface area contributed by atoms with Crippen molar-refractivity contribution in [2.45, 2.75) is 11.1 Å². The standard InChI is InChI=1S/C10H7F3N2O3S2/c1-20(17,18)5-2-3-6-7(4-5)19-9(14-6)15-8(16)10(11,12)13/h2-4H,1H3,(H,14,15,16). The molecule has 0 unspecified atom stereocenters. The summed E-state index contributed by atoms with van der Waals surface area (Å²) in [7, 11) is -3.42. The van der Waals surface area contributed by atoms with Crippen molar-refractivity contribution >= 4 is 42.4 Å². The lowest BCUT2D eigenvalue weighted by Gasteiger charge is -2.03. The average molecular weight is 324 g/mol. The molecule has 0 saturated heterocycles. The van der Waals surface area contributed by atoms with E-state index in [1.54, 1.807) is 5.32 Å². The van der Waals surface area contributed by atoms with E-state index in [0.717, 1.165) is 17.6 Å². The fourth-order valence-corrected chi connectivity index (χ4v) is 2.98. The number of hydrogen-bond donors (Lipinski definition) is 1. The number of amides is 1. The van der Waals surface area contributed by atoms with Crippen LogP contribution in [-0.4, -0.2) is 31.7 Å². The Morgan fingerprint density at radius 2 is 2.00 bits per heavy atom. The van der Waals surface area contributed by atoms with Gasteiger partial charge in [-0.3, -0.25) is 10.1 Å². The van der Waals surface area contributed by atoms with Crippen LogP contribution < -0.4 is 5.32 Å². The van der Waals surface area contributed by atoms with Gasteiger partial charge >= 0.3 is 12.1 Å². The first-order valence-corrected chi connectivity index (χ1v) is 7.77. The van der Waals surface area contributed by atoms with E-state index in [9.17, 15) is 26.4 Å². The molecule has 2 rings (SSSR count). The van der Waals surface area contributed by atoms with E-state index in [0.29, 0.717) is 10.2 Å². The zero-order valence-electron chi connectivity index (χ0n) is 9.85. The second-order valence-electron chi connectivity index (χ2n) is 3.87. The van der Waals surface area contributed by atoms with Gasteiger partial charge in [-0.05, 0) is 18.2 Å². The third-order valence-corrected chi connectivity index (χ3v) is 4.31. The molecule has 1 N–H and O–H groups in total. The summed E-state index contributed by atoms with van der Waals surface area (Å²) in [5, 5.41) is 1.38. The lowest BCUT2D eigenvalue weighted by atomic mass is 10.3. The summed E-state index contributed by atoms with van der Waals surface area (Å²) in [6.45, 7) is 0. The number of nitrogens with one attached hydrogen (secondary N) is 1. The molecule has 2 aromatic rings. The summed E-state index contributed by atoms with van der Waals surface area (Å²) in [5.74, 6) is -2.13. The largest absolute Gasteiger partial charge is 0.471 e. The number of halogens is 3. The van der Waals surface area contributed by atoms with Gasteiger partial charge in [-0.1, -0.05) is 11.3 Å². The molecule has 5 nitrogen and oxygen atoms in total. The molecule has 0 aliphatic rings. The lowest BCUT2D eigenvalue weighted by molar-refractivity contribution is -0.167. The fraction of sp³-hybridized carbons (Fsp3) is 0.200. The number of nitrogens with zero attached hydrogens (tertiary/aromatic N) is 1. The smallest absolute Gasteiger partial charge is 0.294 e. The van der Waals surface area contributed by atoms with E-state index in [4.69, 9.17) is 0 Å². The molecule has 0 saturated carbocycles. The van der Waals surface area contributed by atoms with Crippen molar-refractivity contribution in [2.75, 3.05) is 11.6 Å². The molecule has 1 heterocycles. The van der Waals surface area contributed by atoms with Gasteiger partial charge in [0.05, 0.1) is 15.1 Å². The van der Waals surface area contributed by atoms with E-state index in [-0.39, 0.29) is 10.0 Å². The van der Waals surface area contributed by atoms with Crippen molar-refractivity contribution in [3.05, 3.63) is 18.2 Å². The monoisotopic (exact) mass is 324 g/mol. The van der Waals surface area contributed by atoms with Gasteiger partial charge in [0, 0.05) is 6.26 Å². The number of benzene rings is 1. The van der Waals surface area contributed by atoms with Crippen molar-refractivity contribution in [1.82, 2.24) is 4.98 Å². The van der Waals surface area contributed by atoms with Crippen LogP contribution in [0.5, 0.6) is 0 Å². The molecule has 10 heteroatoms. The quantitative estimate of drug-likeness (QED) is 0.919. The Hall–Kier alpha value is -1.68. The zero-order valence-corrected chi connectivity index (χ0v) is 11.5. The number of rotatable bonds is 2. The summed E-state index contributed by atoms with van der Waals surface area (Å²) in [4.78, 5) is 14.6. The van der Waals surface area contributed by atoms with Gasteiger partial charge in [-0.2, -0.15) is 13.2 Å². The lowest BCUT2D eigenvalue weighted by Crippen LogP contribution is -2.29. The first kappa shape index (κ1) is 14.7. The minimum atomic E-state index is -5.00. The van der Waals surface area contributed by atoms with Crippen LogP contribution in [0.3, 0.4) is 0 Å². The molecule has 1 aromatic heterocycles. The van der Waals surface area contributed by atoms with Crippen molar-refractivity contribution in [3.8, 4) is 0 Å². The highest BCUT2D eigenvalue weighted by atomic mass is 32.2. The number of carbonyl (C=O) groups excluding carboxylic acids is 1. The number of hydrogen-bond acceptors (Lipinski definition) is 5. The van der Waals surface area contributed by atoms with Crippen molar-refractivity contribution in [3.63, 3.8) is 0 Å². The summed E-state index contributed by atoms with van der Waals surface area (Å²) in [6.07, 6.45) is -3.99. The Morgan fingerprint density at radius 1 is 1.35 bits per heavy atom. The van der Waals surface area contributed by atoms with Gasteiger partial charge in [0.25, 0.3) is 0 Å². The Morgan fingerprint density at radius 3 is 2.55 bits per heavy atom. The molecular weight excluding hydrogens is 317 g/mol. The van der Waals surface area contributed by atoms with Crippen molar-refractivity contribution in [2.24, 2.45) is 0 Å². The summed E-state index contributed by atoms with van der Waals surface area (Å²) in [5.41, 5.74) is 0.305. The van der Waals surface area contributed by atoms with Crippen LogP contribution >= 0.6 is 11.3 Å². The molecule has 108 valence electrons. The maximum absolute atomic E-state index is 12.1. The van der Waals surface area contributed by atoms with Crippen LogP contribution in [-0.2, 0) is 14.6 Å². The maximum Gasteiger partial charge on any atom is 0.471 e. The molecule has 1 aromatic carbocycles. The Labute approximate surface area is 115 Å². The van der Waals surface area contributed by atoms with E-state index in [1.807, 2.05) is 0 Å². The van der Waals surface area contributed by atoms with Crippen molar-refractivity contribution < 1.29 is 26.4 Å². The SMILES string of the molecule is CS(=O)(=O)c1ccc2nc(NC(=O)C(F)(F)F)sc2c1. The number of aromatic nitrogens is 1. The molecular formula is C10H7F3N2O3S2. The van der Waals surface area contributed by atoms with Gasteiger partial charge in [-0.25, -0.2) is 13.4 Å². The van der Waals surface area contributed by atoms with Gasteiger partial charge in [-0.15, -0.1) is 0 Å². The summed E-state index contributed by atoms with van der Waals surface area (Å²) >= 11 is 0.764. The molecule has 1 amide bonds. The highest BCUT2D eigenvalue weighted by Gasteiger charge is 2.39. The minimum Gasteiger partial charge on any atom is -0.294 e. The van der Waals surface area contributed by atoms with Gasteiger partial charge in [0.1, 0.15) is 0 Å². The number of thiazole rings is 1. The van der Waals surface area contributed by atoms with Crippen LogP contribution in [0.25, 0.3) is 10.2 Å². The van der Waals surface area contributed by atoms with Gasteiger partial charge < -0.3 is 0 Å². The molecule has 0 radical (unpaired) electrons. The van der Waals surface area contributed by atoms with Crippen LogP contribution in [0.4, 0.5) is 18.3 Å². The van der Waals surface area contributed by atoms with Gasteiger partial charge in [0.15, 0.2) is 15.0 Å². The van der Waals surface area contributed by atoms with E-state index in [1.165, 1.54) is 18.2 Å². The number of carbonyl (C=O) groups is 1. The number of anilines is 1. The summed E-state index contributed by atoms with van der Waals surface area (Å²) in [6, 6.07) is 3.96. The first-order valence-electron chi connectivity index (χ1n) is 5.06. The maximum atomic E-state index is 12.1. The Kier molecular flexibility index (Phi) is 3.46. The number of fused-ring (bicyclic) bond motifs is 1. The molecule has 0 atom stereocenters. The highest BCUT2D eigenvalue weighted by Crippen LogP contribution is 2.29. The minimum absolute atomic E-state index is 0.0300. The third kappa shape index (κ3) is 3.07. The van der Waals surface area contributed by atoms with E-state index < -0.39 is 21.9 Å². The summed E-state index contributed by atoms with van der Waals surface area (Å²) < 4.78 is 59.4. The molecule has 0 fully saturated rings. The normalized spacial score (nSPS) is 12.6. The molecule has 0 spiro atoms. The second kappa shape index (κ2) is 4.70. The second-order valence-corrected chi connectivity index (χ2v) is 6.92. The predicted molar refractivity (Wildman–Crippen MR) is 67.4 cm³/mol. The van der Waals surface area contributed by atoms with Crippen LogP contribution in [0, 0.1) is 0 Å². The van der Waals surface area contributed by atoms with E-state index >= 15 is 0 Å². The first-order chi connectivity index (χ1) is 9.07. The average Bonchev–Trinajstić information content (AvgIpc) is 2.67. The van der Waals surface area contributed by atoms with Crippen molar-refractivity contribution in [1.29, 1.82) is 0 Å². The predicted octanol–water partition coefficient (Wildman–Crippen LogP) is 2.20. The fourth-order valence-electron chi connectivity index (χ4n) is 1.36. The van der Waals surface area contributed by atoms with E-state index in [2.05, 4.69) is 4.98 Å². The number of alkyl halides is 3. The van der Waals surface area contributed by atoms with Crippen LogP contribution in [0.2, 0.25) is 0 Å². The third-order valence-electron chi connectivity index (χ3n) is 2.27. The number of sulfone groups is 1. The molecule has 0 bridgehead atoms. The molecule has 0 aliphatic heterocycles. The highest BCUT2D eigenvalue weighted by molar-refractivity contribution is 7.90. The molecule has 20 heavy (non-hydrogen) atoms. The molecule has 0 aliphatic carbocycles. The van der Waals surface area contributed by atoms with Crippen LogP contribution in [0.1, 0.15) is 0 Å².